The molecule has 2 rings (SSSR count). The first-order chi connectivity index (χ1) is 11.5. The first-order valence-electron chi connectivity index (χ1n) is 8.43. The predicted molar refractivity (Wildman–Crippen MR) is 89.6 cm³/mol. The van der Waals surface area contributed by atoms with Crippen LogP contribution in [-0.4, -0.2) is 46.4 Å². The number of carbonyl (C=O) groups excluding carboxylic acids is 2. The normalized spacial score (nSPS) is 18.2. The summed E-state index contributed by atoms with van der Waals surface area (Å²) >= 11 is 0. The van der Waals surface area contributed by atoms with Crippen LogP contribution in [0.1, 0.15) is 49.4 Å². The van der Waals surface area contributed by atoms with Gasteiger partial charge in [-0.05, 0) is 31.4 Å². The molecule has 1 aromatic carbocycles. The molecule has 2 N–H and O–H groups in total. The molecule has 1 unspecified atom stereocenters. The summed E-state index contributed by atoms with van der Waals surface area (Å²) in [4.78, 5) is 37.9. The van der Waals surface area contributed by atoms with Gasteiger partial charge in [0.2, 0.25) is 5.91 Å². The van der Waals surface area contributed by atoms with E-state index in [0.29, 0.717) is 24.9 Å². The third-order valence-corrected chi connectivity index (χ3v) is 4.30. The van der Waals surface area contributed by atoms with Crippen molar-refractivity contribution in [1.82, 2.24) is 10.2 Å². The van der Waals surface area contributed by atoms with Crippen LogP contribution in [-0.2, 0) is 9.59 Å². The summed E-state index contributed by atoms with van der Waals surface area (Å²) in [6.07, 6.45) is 3.29. The number of carboxylic acid groups (broad SMARTS) is 1. The van der Waals surface area contributed by atoms with Crippen LogP contribution < -0.4 is 5.32 Å². The molecule has 6 nitrogen and oxygen atoms in total. The number of rotatable bonds is 7. The first kappa shape index (κ1) is 18.0. The fraction of sp³-hybridized carbons (Fsp3) is 0.500. The second-order valence-corrected chi connectivity index (χ2v) is 6.06. The van der Waals surface area contributed by atoms with E-state index in [1.807, 2.05) is 13.0 Å². The zero-order valence-electron chi connectivity index (χ0n) is 13.9. The summed E-state index contributed by atoms with van der Waals surface area (Å²) in [6, 6.07) is 7.34. The van der Waals surface area contributed by atoms with Crippen LogP contribution in [0.2, 0.25) is 0 Å². The molecular formula is C18H24N2O4. The average Bonchev–Trinajstić information content (AvgIpc) is 3.08. The maximum absolute atomic E-state index is 12.6. The lowest BCUT2D eigenvalue weighted by Crippen LogP contribution is -2.50. The quantitative estimate of drug-likeness (QED) is 0.800. The van der Waals surface area contributed by atoms with Gasteiger partial charge in [-0.3, -0.25) is 9.59 Å². The third-order valence-electron chi connectivity index (χ3n) is 4.30. The molecule has 24 heavy (non-hydrogen) atoms. The number of benzene rings is 1. The van der Waals surface area contributed by atoms with Gasteiger partial charge in [0.05, 0.1) is 0 Å². The number of carboxylic acids is 1. The second-order valence-electron chi connectivity index (χ2n) is 6.06. The number of unbranched alkanes of at least 4 members (excludes halogenated alkanes) is 1. The predicted octanol–water partition coefficient (Wildman–Crippen LogP) is 2.05. The number of aliphatic carboxylic acids is 1. The Morgan fingerprint density at radius 1 is 1.29 bits per heavy atom. The fourth-order valence-electron chi connectivity index (χ4n) is 2.96. The molecule has 1 aromatic rings. The van der Waals surface area contributed by atoms with E-state index < -0.39 is 18.1 Å². The van der Waals surface area contributed by atoms with E-state index >= 15 is 0 Å². The highest BCUT2D eigenvalue weighted by atomic mass is 16.4. The van der Waals surface area contributed by atoms with Crippen molar-refractivity contribution in [2.24, 2.45) is 0 Å². The van der Waals surface area contributed by atoms with E-state index in [1.165, 1.54) is 0 Å². The van der Waals surface area contributed by atoms with Gasteiger partial charge in [-0.15, -0.1) is 0 Å². The molecule has 1 fully saturated rings. The molecule has 2 atom stereocenters. The zero-order valence-corrected chi connectivity index (χ0v) is 13.9. The van der Waals surface area contributed by atoms with Gasteiger partial charge in [-0.1, -0.05) is 38.0 Å². The van der Waals surface area contributed by atoms with Gasteiger partial charge in [0, 0.05) is 12.1 Å². The van der Waals surface area contributed by atoms with Gasteiger partial charge >= 0.3 is 5.97 Å². The average molecular weight is 332 g/mol. The molecule has 0 bridgehead atoms. The molecule has 1 aliphatic rings. The van der Waals surface area contributed by atoms with Crippen molar-refractivity contribution in [3.8, 4) is 0 Å². The summed E-state index contributed by atoms with van der Waals surface area (Å²) < 4.78 is 0. The smallest absolute Gasteiger partial charge is 0.326 e. The molecule has 1 heterocycles. The summed E-state index contributed by atoms with van der Waals surface area (Å²) in [6.45, 7) is 2.48. The van der Waals surface area contributed by atoms with Gasteiger partial charge in [0.25, 0.3) is 5.91 Å². The Hall–Kier alpha value is -2.37. The number of likely N-dealkylation sites (tertiary alicyclic amines) is 1. The van der Waals surface area contributed by atoms with E-state index in [0.717, 1.165) is 19.3 Å². The van der Waals surface area contributed by atoms with E-state index in [2.05, 4.69) is 5.32 Å². The number of nitrogens with zero attached hydrogens (tertiary/aromatic N) is 1. The molecule has 2 amide bonds. The SMILES string of the molecule is CCCC[C@H](NC(=O)C1CCCN1C(=O)c1ccccc1)C(=O)O. The topological polar surface area (TPSA) is 86.7 Å². The van der Waals surface area contributed by atoms with E-state index in [4.69, 9.17) is 0 Å². The standard InChI is InChI=1S/C18H24N2O4/c1-2-3-10-14(18(23)24)19-16(21)15-11-7-12-20(15)17(22)13-8-5-4-6-9-13/h4-6,8-9,14-15H,2-3,7,10-12H2,1H3,(H,19,21)(H,23,24)/t14-,15?/m0/s1. The molecule has 0 aromatic heterocycles. The van der Waals surface area contributed by atoms with Crippen LogP contribution in [0.4, 0.5) is 0 Å². The Balaban J connectivity index is 2.04. The molecule has 0 saturated carbocycles. The first-order valence-corrected chi connectivity index (χ1v) is 8.43. The second kappa shape index (κ2) is 8.47. The van der Waals surface area contributed by atoms with Crippen molar-refractivity contribution in [3.05, 3.63) is 35.9 Å². The Morgan fingerprint density at radius 3 is 2.62 bits per heavy atom. The van der Waals surface area contributed by atoms with Crippen molar-refractivity contribution in [2.75, 3.05) is 6.54 Å². The van der Waals surface area contributed by atoms with Crippen molar-refractivity contribution in [3.63, 3.8) is 0 Å². The lowest BCUT2D eigenvalue weighted by Gasteiger charge is -2.25. The van der Waals surface area contributed by atoms with E-state index in [9.17, 15) is 19.5 Å². The Kier molecular flexibility index (Phi) is 6.35. The molecule has 6 heteroatoms. The monoisotopic (exact) mass is 332 g/mol. The fourth-order valence-corrected chi connectivity index (χ4v) is 2.96. The summed E-state index contributed by atoms with van der Waals surface area (Å²) in [7, 11) is 0. The lowest BCUT2D eigenvalue weighted by molar-refractivity contribution is -0.142. The minimum atomic E-state index is -1.03. The Bertz CT molecular complexity index is 588. The molecule has 0 aliphatic carbocycles. The molecule has 0 radical (unpaired) electrons. The minimum Gasteiger partial charge on any atom is -0.480 e. The number of hydrogen-bond acceptors (Lipinski definition) is 3. The summed E-state index contributed by atoms with van der Waals surface area (Å²) in [5.74, 6) is -1.59. The largest absolute Gasteiger partial charge is 0.480 e. The van der Waals surface area contributed by atoms with Gasteiger partial charge in [0.15, 0.2) is 0 Å². The highest BCUT2D eigenvalue weighted by molar-refractivity contribution is 5.98. The molecular weight excluding hydrogens is 308 g/mol. The van der Waals surface area contributed by atoms with Crippen molar-refractivity contribution in [1.29, 1.82) is 0 Å². The Labute approximate surface area is 141 Å². The maximum atomic E-state index is 12.6. The van der Waals surface area contributed by atoms with Crippen LogP contribution in [0.15, 0.2) is 30.3 Å². The van der Waals surface area contributed by atoms with Crippen molar-refractivity contribution >= 4 is 17.8 Å². The highest BCUT2D eigenvalue weighted by Gasteiger charge is 2.36. The van der Waals surface area contributed by atoms with Crippen LogP contribution in [0.25, 0.3) is 0 Å². The summed E-state index contributed by atoms with van der Waals surface area (Å²) in [5.41, 5.74) is 0.540. The number of amides is 2. The number of hydrogen-bond donors (Lipinski definition) is 2. The molecule has 1 aliphatic heterocycles. The van der Waals surface area contributed by atoms with E-state index in [-0.39, 0.29) is 11.8 Å². The van der Waals surface area contributed by atoms with Crippen LogP contribution in [0.3, 0.4) is 0 Å². The lowest BCUT2D eigenvalue weighted by atomic mass is 10.1. The number of carbonyl (C=O) groups is 3. The van der Waals surface area contributed by atoms with Crippen LogP contribution in [0, 0.1) is 0 Å². The van der Waals surface area contributed by atoms with Gasteiger partial charge in [-0.2, -0.15) is 0 Å². The summed E-state index contributed by atoms with van der Waals surface area (Å²) in [5, 5.41) is 11.8. The zero-order chi connectivity index (χ0) is 17.5. The minimum absolute atomic E-state index is 0.186. The van der Waals surface area contributed by atoms with Gasteiger partial charge in [-0.25, -0.2) is 4.79 Å². The van der Waals surface area contributed by atoms with Crippen LogP contribution in [0.5, 0.6) is 0 Å². The van der Waals surface area contributed by atoms with Gasteiger partial charge < -0.3 is 15.3 Å². The molecule has 1 saturated heterocycles. The van der Waals surface area contributed by atoms with Crippen LogP contribution >= 0.6 is 0 Å². The number of nitrogens with one attached hydrogen (secondary N) is 1. The molecule has 0 spiro atoms. The van der Waals surface area contributed by atoms with Gasteiger partial charge in [0.1, 0.15) is 12.1 Å². The van der Waals surface area contributed by atoms with E-state index in [1.54, 1.807) is 29.2 Å². The molecule has 130 valence electrons. The maximum Gasteiger partial charge on any atom is 0.326 e. The van der Waals surface area contributed by atoms with Crippen molar-refractivity contribution in [2.45, 2.75) is 51.1 Å². The highest BCUT2D eigenvalue weighted by Crippen LogP contribution is 2.20. The van der Waals surface area contributed by atoms with Crippen molar-refractivity contribution < 1.29 is 19.5 Å². The third kappa shape index (κ3) is 4.34. The Morgan fingerprint density at radius 2 is 2.00 bits per heavy atom.